The second kappa shape index (κ2) is 15.5. The molecule has 0 bridgehead atoms. The van der Waals surface area contributed by atoms with Crippen molar-refractivity contribution >= 4 is 28.5 Å². The Balaban J connectivity index is 1.39. The minimum atomic E-state index is -0.122. The number of halogens is 1. The topological polar surface area (TPSA) is 56.2 Å². The summed E-state index contributed by atoms with van der Waals surface area (Å²) in [4.78, 5) is 17.0. The number of hydrogen-bond donors (Lipinski definition) is 1. The molecule has 5 nitrogen and oxygen atoms in total. The van der Waals surface area contributed by atoms with Crippen LogP contribution >= 0.6 is 11.6 Å². The zero-order valence-corrected chi connectivity index (χ0v) is 21.9. The Hall–Kier alpha value is -2.53. The molecular formula is C29H40ClN3O2. The molecule has 1 heterocycles. The van der Waals surface area contributed by atoms with Gasteiger partial charge in [-0.25, -0.2) is 4.98 Å². The third-order valence-electron chi connectivity index (χ3n) is 6.30. The van der Waals surface area contributed by atoms with Crippen LogP contribution in [0.3, 0.4) is 0 Å². The number of benzene rings is 2. The molecule has 35 heavy (non-hydrogen) atoms. The molecule has 0 fully saturated rings. The monoisotopic (exact) mass is 497 g/mol. The number of hydrogen-bond acceptors (Lipinski definition) is 3. The Kier molecular flexibility index (Phi) is 12.0. The fourth-order valence-corrected chi connectivity index (χ4v) is 4.48. The molecule has 0 aliphatic rings. The van der Waals surface area contributed by atoms with E-state index in [-0.39, 0.29) is 12.5 Å². The molecule has 0 spiro atoms. The molecule has 0 atom stereocenters. The summed E-state index contributed by atoms with van der Waals surface area (Å²) in [5.74, 6) is 1.62. The maximum absolute atomic E-state index is 12.1. The highest BCUT2D eigenvalue weighted by molar-refractivity contribution is 6.30. The van der Waals surface area contributed by atoms with Gasteiger partial charge in [-0.2, -0.15) is 0 Å². The molecule has 0 radical (unpaired) electrons. The second-order valence-electron chi connectivity index (χ2n) is 9.19. The van der Waals surface area contributed by atoms with Crippen LogP contribution in [0.1, 0.15) is 77.0 Å². The van der Waals surface area contributed by atoms with Gasteiger partial charge in [-0.15, -0.1) is 0 Å². The Labute approximate surface area is 215 Å². The van der Waals surface area contributed by atoms with E-state index in [2.05, 4.69) is 35.0 Å². The molecule has 1 aromatic heterocycles. The molecule has 1 amide bonds. The number of unbranched alkanes of at least 4 members (excludes halogenated alkanes) is 8. The van der Waals surface area contributed by atoms with Gasteiger partial charge in [0.25, 0.3) is 5.91 Å². The van der Waals surface area contributed by atoms with Gasteiger partial charge in [0.05, 0.1) is 11.0 Å². The van der Waals surface area contributed by atoms with Crippen LogP contribution in [0.5, 0.6) is 5.75 Å². The average molecular weight is 498 g/mol. The summed E-state index contributed by atoms with van der Waals surface area (Å²) in [7, 11) is 0. The number of para-hydroxylation sites is 2. The lowest BCUT2D eigenvalue weighted by Crippen LogP contribution is -2.30. The fourth-order valence-electron chi connectivity index (χ4n) is 4.35. The number of fused-ring (bicyclic) bond motifs is 1. The van der Waals surface area contributed by atoms with E-state index < -0.39 is 0 Å². The number of nitrogens with one attached hydrogen (secondary N) is 1. The van der Waals surface area contributed by atoms with Crippen molar-refractivity contribution in [3.8, 4) is 5.75 Å². The van der Waals surface area contributed by atoms with Crippen LogP contribution in [0.4, 0.5) is 0 Å². The Bertz CT molecular complexity index is 1020. The molecular weight excluding hydrogens is 458 g/mol. The highest BCUT2D eigenvalue weighted by Gasteiger charge is 2.10. The summed E-state index contributed by atoms with van der Waals surface area (Å²) in [6.07, 6.45) is 13.6. The third-order valence-corrected chi connectivity index (χ3v) is 6.55. The lowest BCUT2D eigenvalue weighted by atomic mass is 10.1. The molecule has 0 unspecified atom stereocenters. The van der Waals surface area contributed by atoms with E-state index >= 15 is 0 Å². The van der Waals surface area contributed by atoms with Crippen molar-refractivity contribution in [2.24, 2.45) is 0 Å². The predicted molar refractivity (Wildman–Crippen MR) is 145 cm³/mol. The van der Waals surface area contributed by atoms with E-state index in [1.807, 2.05) is 6.07 Å². The van der Waals surface area contributed by atoms with E-state index in [4.69, 9.17) is 21.3 Å². The van der Waals surface area contributed by atoms with Gasteiger partial charge in [-0.05, 0) is 49.2 Å². The van der Waals surface area contributed by atoms with Crippen LogP contribution in [-0.2, 0) is 17.8 Å². The van der Waals surface area contributed by atoms with Gasteiger partial charge in [0.2, 0.25) is 0 Å². The minimum absolute atomic E-state index is 0.00124. The van der Waals surface area contributed by atoms with Crippen molar-refractivity contribution in [3.05, 3.63) is 59.4 Å². The second-order valence-corrected chi connectivity index (χ2v) is 9.63. The zero-order chi connectivity index (χ0) is 24.7. The summed E-state index contributed by atoms with van der Waals surface area (Å²) < 4.78 is 7.88. The maximum Gasteiger partial charge on any atom is 0.257 e. The van der Waals surface area contributed by atoms with Crippen LogP contribution in [0.2, 0.25) is 5.02 Å². The lowest BCUT2D eigenvalue weighted by Gasteiger charge is -2.10. The third kappa shape index (κ3) is 9.56. The molecule has 3 aromatic rings. The van der Waals surface area contributed by atoms with Gasteiger partial charge in [0, 0.05) is 24.5 Å². The summed E-state index contributed by atoms with van der Waals surface area (Å²) >= 11 is 5.87. The Morgan fingerprint density at radius 2 is 1.60 bits per heavy atom. The molecule has 6 heteroatoms. The van der Waals surface area contributed by atoms with Crippen molar-refractivity contribution in [1.82, 2.24) is 14.9 Å². The van der Waals surface area contributed by atoms with Crippen molar-refractivity contribution in [2.45, 2.75) is 84.1 Å². The molecule has 190 valence electrons. The maximum atomic E-state index is 12.1. The SMILES string of the molecule is CCCCCCCCCCCn1c(CCCNC(=O)COc2ccc(Cl)cc2)nc2ccccc21. The van der Waals surface area contributed by atoms with Crippen LogP contribution in [0, 0.1) is 0 Å². The van der Waals surface area contributed by atoms with E-state index in [0.29, 0.717) is 17.3 Å². The predicted octanol–water partition coefficient (Wildman–Crippen LogP) is 7.35. The van der Waals surface area contributed by atoms with Gasteiger partial charge in [-0.3, -0.25) is 4.79 Å². The summed E-state index contributed by atoms with van der Waals surface area (Å²) in [5.41, 5.74) is 2.27. The fraction of sp³-hybridized carbons (Fsp3) is 0.517. The van der Waals surface area contributed by atoms with E-state index in [0.717, 1.165) is 30.7 Å². The smallest absolute Gasteiger partial charge is 0.257 e. The number of carbonyl (C=O) groups is 1. The van der Waals surface area contributed by atoms with E-state index in [1.54, 1.807) is 24.3 Å². The molecule has 0 aliphatic heterocycles. The largest absolute Gasteiger partial charge is 0.484 e. The summed E-state index contributed by atoms with van der Waals surface area (Å²) in [5, 5.41) is 3.59. The first kappa shape index (κ1) is 27.1. The summed E-state index contributed by atoms with van der Waals surface area (Å²) in [6.45, 7) is 3.87. The zero-order valence-electron chi connectivity index (χ0n) is 21.1. The molecule has 2 aromatic carbocycles. The Morgan fingerprint density at radius 3 is 2.34 bits per heavy atom. The standard InChI is InChI=1S/C29H40ClN3O2/c1-2-3-4-5-6-7-8-9-12-22-33-27-15-11-10-14-26(27)32-28(33)16-13-21-31-29(34)23-35-25-19-17-24(30)18-20-25/h10-11,14-15,17-20H,2-9,12-13,16,21-23H2,1H3,(H,31,34). The van der Waals surface area contributed by atoms with Crippen LogP contribution < -0.4 is 10.1 Å². The van der Waals surface area contributed by atoms with Crippen molar-refractivity contribution in [3.63, 3.8) is 0 Å². The van der Waals surface area contributed by atoms with Crippen molar-refractivity contribution < 1.29 is 9.53 Å². The van der Waals surface area contributed by atoms with Gasteiger partial charge in [-0.1, -0.05) is 82.0 Å². The Morgan fingerprint density at radius 1 is 0.914 bits per heavy atom. The van der Waals surface area contributed by atoms with Gasteiger partial charge < -0.3 is 14.6 Å². The molecule has 0 saturated heterocycles. The molecule has 0 aliphatic carbocycles. The first-order chi connectivity index (χ1) is 17.2. The first-order valence-corrected chi connectivity index (χ1v) is 13.6. The number of nitrogens with zero attached hydrogens (tertiary/aromatic N) is 2. The van der Waals surface area contributed by atoms with Gasteiger partial charge >= 0.3 is 0 Å². The molecule has 3 rings (SSSR count). The molecule has 0 saturated carbocycles. The van der Waals surface area contributed by atoms with Crippen LogP contribution in [0.25, 0.3) is 11.0 Å². The number of aryl methyl sites for hydroxylation is 2. The van der Waals surface area contributed by atoms with Crippen LogP contribution in [0.15, 0.2) is 48.5 Å². The highest BCUT2D eigenvalue weighted by Crippen LogP contribution is 2.19. The highest BCUT2D eigenvalue weighted by atomic mass is 35.5. The first-order valence-electron chi connectivity index (χ1n) is 13.3. The number of amides is 1. The quantitative estimate of drug-likeness (QED) is 0.198. The minimum Gasteiger partial charge on any atom is -0.484 e. The van der Waals surface area contributed by atoms with Crippen molar-refractivity contribution in [1.29, 1.82) is 0 Å². The number of aromatic nitrogens is 2. The average Bonchev–Trinajstić information content (AvgIpc) is 3.22. The van der Waals surface area contributed by atoms with Crippen molar-refractivity contribution in [2.75, 3.05) is 13.2 Å². The number of carbonyl (C=O) groups excluding carboxylic acids is 1. The van der Waals surface area contributed by atoms with Gasteiger partial charge in [0.15, 0.2) is 6.61 Å². The normalized spacial score (nSPS) is 11.1. The van der Waals surface area contributed by atoms with E-state index in [9.17, 15) is 4.79 Å². The van der Waals surface area contributed by atoms with Crippen LogP contribution in [-0.4, -0.2) is 28.6 Å². The lowest BCUT2D eigenvalue weighted by molar-refractivity contribution is -0.123. The van der Waals surface area contributed by atoms with Gasteiger partial charge in [0.1, 0.15) is 11.6 Å². The number of rotatable bonds is 17. The number of imidazole rings is 1. The summed E-state index contributed by atoms with van der Waals surface area (Å²) in [6, 6.07) is 15.4. The molecule has 1 N–H and O–H groups in total. The van der Waals surface area contributed by atoms with E-state index in [1.165, 1.54) is 63.3 Å². The number of ether oxygens (including phenoxy) is 1.